The van der Waals surface area contributed by atoms with E-state index in [2.05, 4.69) is 4.72 Å². The van der Waals surface area contributed by atoms with Gasteiger partial charge in [-0.2, -0.15) is 4.31 Å². The zero-order valence-corrected chi connectivity index (χ0v) is 24.7. The summed E-state index contributed by atoms with van der Waals surface area (Å²) in [5.74, 6) is -2.02. The molecule has 3 aromatic rings. The number of likely N-dealkylation sites (N-methyl/N-ethyl adjacent to an activating group) is 1. The second kappa shape index (κ2) is 12.3. The molecule has 4 rings (SSSR count). The van der Waals surface area contributed by atoms with Crippen LogP contribution in [0, 0.1) is 17.6 Å². The zero-order chi connectivity index (χ0) is 30.8. The molecule has 1 aliphatic heterocycles. The van der Waals surface area contributed by atoms with Gasteiger partial charge < -0.3 is 14.7 Å². The van der Waals surface area contributed by atoms with Gasteiger partial charge in [0.1, 0.15) is 23.5 Å². The zero-order valence-electron chi connectivity index (χ0n) is 23.1. The standard InChI is InChI=1S/C28H31F2N3O7S2/c1-18-15-33(19(2)17-34)28(35)25-14-22(31-41(36,37)23-9-4-20(29)5-10-23)8-13-26(25)40-27(18)16-32(3)42(38,39)24-11-6-21(30)7-12-24/h4-14,18-19,27,31,34H,15-17H2,1-3H3/t18-,19-,27-/m0/s1. The minimum atomic E-state index is -4.13. The molecule has 0 saturated heterocycles. The fourth-order valence-electron chi connectivity index (χ4n) is 4.47. The maximum absolute atomic E-state index is 13.6. The molecule has 0 aromatic heterocycles. The summed E-state index contributed by atoms with van der Waals surface area (Å²) in [6.45, 7) is 3.04. The third-order valence-corrected chi connectivity index (χ3v) is 10.2. The highest BCUT2D eigenvalue weighted by molar-refractivity contribution is 7.92. The van der Waals surface area contributed by atoms with Crippen molar-refractivity contribution >= 4 is 31.6 Å². The van der Waals surface area contributed by atoms with Crippen LogP contribution in [0.25, 0.3) is 0 Å². The quantitative estimate of drug-likeness (QED) is 0.374. The lowest BCUT2D eigenvalue weighted by Crippen LogP contribution is -2.50. The van der Waals surface area contributed by atoms with Gasteiger partial charge in [0.25, 0.3) is 15.9 Å². The normalized spacial score (nSPS) is 18.5. The van der Waals surface area contributed by atoms with Crippen LogP contribution in [-0.2, 0) is 20.0 Å². The Hall–Kier alpha value is -3.59. The molecule has 0 unspecified atom stereocenters. The van der Waals surface area contributed by atoms with Gasteiger partial charge in [0.15, 0.2) is 0 Å². The number of nitrogens with zero attached hydrogens (tertiary/aromatic N) is 2. The van der Waals surface area contributed by atoms with E-state index in [0.29, 0.717) is 0 Å². The van der Waals surface area contributed by atoms with Crippen LogP contribution in [-0.4, -0.2) is 75.9 Å². The maximum atomic E-state index is 13.6. The predicted octanol–water partition coefficient (Wildman–Crippen LogP) is 3.31. The fourth-order valence-corrected chi connectivity index (χ4v) is 6.70. The van der Waals surface area contributed by atoms with Gasteiger partial charge in [0, 0.05) is 25.2 Å². The molecule has 3 atom stereocenters. The molecule has 1 heterocycles. The summed E-state index contributed by atoms with van der Waals surface area (Å²) in [6.07, 6.45) is -0.771. The number of amides is 1. The molecule has 0 bridgehead atoms. The Labute approximate surface area is 243 Å². The molecular weight excluding hydrogens is 592 g/mol. The number of carbonyl (C=O) groups is 1. The van der Waals surface area contributed by atoms with Crippen molar-refractivity contribution in [2.45, 2.75) is 35.8 Å². The molecule has 0 saturated carbocycles. The highest BCUT2D eigenvalue weighted by atomic mass is 32.2. The molecule has 42 heavy (non-hydrogen) atoms. The van der Waals surface area contributed by atoms with E-state index >= 15 is 0 Å². The number of aliphatic hydroxyl groups is 1. The maximum Gasteiger partial charge on any atom is 0.261 e. The minimum Gasteiger partial charge on any atom is -0.488 e. The number of nitrogens with one attached hydrogen (secondary N) is 1. The molecule has 0 spiro atoms. The lowest BCUT2D eigenvalue weighted by Gasteiger charge is -2.38. The Morgan fingerprint density at radius 2 is 1.57 bits per heavy atom. The van der Waals surface area contributed by atoms with Crippen molar-refractivity contribution < 1.29 is 40.3 Å². The number of carbonyl (C=O) groups excluding carboxylic acids is 1. The Bertz CT molecular complexity index is 1650. The van der Waals surface area contributed by atoms with E-state index in [9.17, 15) is 35.5 Å². The van der Waals surface area contributed by atoms with E-state index in [1.165, 1.54) is 30.1 Å². The van der Waals surface area contributed by atoms with Crippen molar-refractivity contribution in [2.24, 2.45) is 5.92 Å². The number of aliphatic hydroxyl groups excluding tert-OH is 1. The van der Waals surface area contributed by atoms with Gasteiger partial charge in [-0.25, -0.2) is 25.6 Å². The first kappa shape index (κ1) is 31.3. The number of hydrogen-bond donors (Lipinski definition) is 2. The number of anilines is 1. The number of hydrogen-bond acceptors (Lipinski definition) is 7. The number of rotatable bonds is 9. The average molecular weight is 624 g/mol. The predicted molar refractivity (Wildman–Crippen MR) is 151 cm³/mol. The van der Waals surface area contributed by atoms with E-state index in [0.717, 1.165) is 52.8 Å². The summed E-state index contributed by atoms with van der Waals surface area (Å²) in [6, 6.07) is 12.1. The number of benzene rings is 3. The van der Waals surface area contributed by atoms with Gasteiger partial charge in [0.05, 0.1) is 34.5 Å². The topological polar surface area (TPSA) is 133 Å². The lowest BCUT2D eigenvalue weighted by atomic mass is 9.99. The molecule has 0 radical (unpaired) electrons. The summed E-state index contributed by atoms with van der Waals surface area (Å²) < 4.78 is 88.4. The van der Waals surface area contributed by atoms with Gasteiger partial charge in [0.2, 0.25) is 10.0 Å². The van der Waals surface area contributed by atoms with Gasteiger partial charge in [-0.1, -0.05) is 6.92 Å². The number of sulfonamides is 2. The first-order valence-corrected chi connectivity index (χ1v) is 15.9. The molecule has 10 nitrogen and oxygen atoms in total. The van der Waals surface area contributed by atoms with Gasteiger partial charge >= 0.3 is 0 Å². The smallest absolute Gasteiger partial charge is 0.261 e. The largest absolute Gasteiger partial charge is 0.488 e. The van der Waals surface area contributed by atoms with Crippen LogP contribution in [0.2, 0.25) is 0 Å². The molecule has 0 fully saturated rings. The molecule has 0 aliphatic carbocycles. The minimum absolute atomic E-state index is 0.00412. The summed E-state index contributed by atoms with van der Waals surface area (Å²) in [5, 5.41) is 9.86. The van der Waals surface area contributed by atoms with Crippen LogP contribution in [0.15, 0.2) is 76.5 Å². The summed E-state index contributed by atoms with van der Waals surface area (Å²) in [4.78, 5) is 14.8. The summed E-state index contributed by atoms with van der Waals surface area (Å²) >= 11 is 0. The van der Waals surface area contributed by atoms with Crippen LogP contribution in [0.1, 0.15) is 24.2 Å². The van der Waals surface area contributed by atoms with Crippen molar-refractivity contribution in [1.82, 2.24) is 9.21 Å². The van der Waals surface area contributed by atoms with Gasteiger partial charge in [-0.3, -0.25) is 9.52 Å². The van der Waals surface area contributed by atoms with E-state index < -0.39 is 55.7 Å². The molecular formula is C28H31F2N3O7S2. The summed E-state index contributed by atoms with van der Waals surface area (Å²) in [7, 11) is -6.78. The molecule has 2 N–H and O–H groups in total. The van der Waals surface area contributed by atoms with Crippen LogP contribution in [0.5, 0.6) is 5.75 Å². The van der Waals surface area contributed by atoms with E-state index in [4.69, 9.17) is 4.74 Å². The van der Waals surface area contributed by atoms with Gasteiger partial charge in [-0.15, -0.1) is 0 Å². The van der Waals surface area contributed by atoms with Crippen molar-refractivity contribution in [1.29, 1.82) is 0 Å². The third-order valence-electron chi connectivity index (χ3n) is 7.00. The van der Waals surface area contributed by atoms with E-state index in [-0.39, 0.29) is 46.5 Å². The Morgan fingerprint density at radius 1 is 1.00 bits per heavy atom. The summed E-state index contributed by atoms with van der Waals surface area (Å²) in [5.41, 5.74) is 0.0309. The molecule has 3 aromatic carbocycles. The molecule has 1 amide bonds. The van der Waals surface area contributed by atoms with Crippen molar-refractivity contribution in [2.75, 3.05) is 31.5 Å². The van der Waals surface area contributed by atoms with E-state index in [1.54, 1.807) is 13.8 Å². The van der Waals surface area contributed by atoms with Crippen LogP contribution >= 0.6 is 0 Å². The Balaban J connectivity index is 1.68. The number of halogens is 2. The van der Waals surface area contributed by atoms with Crippen LogP contribution in [0.3, 0.4) is 0 Å². The first-order chi connectivity index (χ1) is 19.7. The number of ether oxygens (including phenoxy) is 1. The monoisotopic (exact) mass is 623 g/mol. The van der Waals surface area contributed by atoms with Crippen molar-refractivity contribution in [3.8, 4) is 5.75 Å². The van der Waals surface area contributed by atoms with Crippen LogP contribution < -0.4 is 9.46 Å². The number of fused-ring (bicyclic) bond motifs is 1. The van der Waals surface area contributed by atoms with Crippen LogP contribution in [0.4, 0.5) is 14.5 Å². The Morgan fingerprint density at radius 3 is 2.14 bits per heavy atom. The first-order valence-electron chi connectivity index (χ1n) is 13.0. The van der Waals surface area contributed by atoms with Crippen molar-refractivity contribution in [3.63, 3.8) is 0 Å². The lowest BCUT2D eigenvalue weighted by molar-refractivity contribution is 0.0387. The highest BCUT2D eigenvalue weighted by Gasteiger charge is 2.35. The van der Waals surface area contributed by atoms with Crippen molar-refractivity contribution in [3.05, 3.63) is 83.9 Å². The highest BCUT2D eigenvalue weighted by Crippen LogP contribution is 2.32. The SMILES string of the molecule is C[C@H]1CN([C@@H](C)CO)C(=O)c2cc(NS(=O)(=O)c3ccc(F)cc3)ccc2O[C@H]1CN(C)S(=O)(=O)c1ccc(F)cc1. The van der Waals surface area contributed by atoms with E-state index in [1.807, 2.05) is 0 Å². The third kappa shape index (κ3) is 6.72. The second-order valence-electron chi connectivity index (χ2n) is 10.1. The second-order valence-corrected chi connectivity index (χ2v) is 13.9. The Kier molecular flexibility index (Phi) is 9.21. The average Bonchev–Trinajstić information content (AvgIpc) is 2.95. The molecule has 14 heteroatoms. The molecule has 226 valence electrons. The fraction of sp³-hybridized carbons (Fsp3) is 0.321. The molecule has 1 aliphatic rings. The van der Waals surface area contributed by atoms with Gasteiger partial charge in [-0.05, 0) is 73.7 Å².